The van der Waals surface area contributed by atoms with E-state index in [1.807, 2.05) is 36.4 Å². The monoisotopic (exact) mass is 1260 g/mol. The number of ether oxygens (including phenoxy) is 16. The van der Waals surface area contributed by atoms with Gasteiger partial charge in [-0.2, -0.15) is 0 Å². The molecule has 4 heterocycles. The smallest absolute Gasteiger partial charge is 0.303 e. The Morgan fingerprint density at radius 2 is 0.791 bits per heavy atom. The Hall–Kier alpha value is -8.66. The molecule has 0 bridgehead atoms. The fourth-order valence-electron chi connectivity index (χ4n) is 11.0. The molecule has 3 saturated heterocycles. The van der Waals surface area contributed by atoms with Crippen molar-refractivity contribution in [2.75, 3.05) is 26.9 Å². The van der Waals surface area contributed by atoms with E-state index < -0.39 is 153 Å². The highest BCUT2D eigenvalue weighted by Crippen LogP contribution is 2.41. The fraction of sp³-hybridized carbons (Fsp3) is 0.424. The zero-order valence-electron chi connectivity index (χ0n) is 50.9. The molecule has 15 unspecified atom stereocenters. The highest BCUT2D eigenvalue weighted by atomic mass is 16.8. The normalized spacial score (nSPS) is 26.9. The topological polar surface area (TPSA) is 287 Å². The number of hydrogen-bond donors (Lipinski definition) is 0. The van der Waals surface area contributed by atoms with Crippen molar-refractivity contribution >= 4 is 47.6 Å². The number of amides is 2. The summed E-state index contributed by atoms with van der Waals surface area (Å²) in [6.07, 6.45) is -23.2. The van der Waals surface area contributed by atoms with Crippen molar-refractivity contribution in [2.24, 2.45) is 0 Å². The van der Waals surface area contributed by atoms with E-state index >= 15 is 9.59 Å². The van der Waals surface area contributed by atoms with E-state index in [1.54, 1.807) is 91.0 Å². The highest BCUT2D eigenvalue weighted by Gasteiger charge is 2.61. The van der Waals surface area contributed by atoms with Gasteiger partial charge in [-0.15, -0.1) is 0 Å². The van der Waals surface area contributed by atoms with Crippen LogP contribution in [0.3, 0.4) is 0 Å². The van der Waals surface area contributed by atoms with E-state index in [4.69, 9.17) is 75.8 Å². The molecular formula is C66H71NO24. The summed E-state index contributed by atoms with van der Waals surface area (Å²) in [6.45, 7) is 4.57. The molecule has 25 heteroatoms. The summed E-state index contributed by atoms with van der Waals surface area (Å²) in [5.41, 5.74) is 2.18. The van der Waals surface area contributed by atoms with Gasteiger partial charge in [0.05, 0.1) is 44.7 Å². The molecule has 0 aliphatic carbocycles. The lowest BCUT2D eigenvalue weighted by Crippen LogP contribution is -2.70. The van der Waals surface area contributed by atoms with Crippen LogP contribution >= 0.6 is 0 Å². The van der Waals surface area contributed by atoms with E-state index in [-0.39, 0.29) is 43.3 Å². The van der Waals surface area contributed by atoms with Crippen LogP contribution in [0.1, 0.15) is 78.9 Å². The number of carbonyl (C=O) groups excluding carboxylic acids is 8. The first kappa shape index (κ1) is 66.8. The molecule has 5 aromatic carbocycles. The van der Waals surface area contributed by atoms with Gasteiger partial charge in [-0.3, -0.25) is 43.3 Å². The molecule has 5 aromatic rings. The van der Waals surface area contributed by atoms with Gasteiger partial charge in [-0.05, 0) is 53.1 Å². The Labute approximate surface area is 524 Å². The van der Waals surface area contributed by atoms with Crippen LogP contribution in [0.15, 0.2) is 140 Å². The first-order valence-electron chi connectivity index (χ1n) is 29.3. The molecule has 4 aliphatic heterocycles. The van der Waals surface area contributed by atoms with Crippen molar-refractivity contribution in [1.82, 2.24) is 4.90 Å². The second-order valence-corrected chi connectivity index (χ2v) is 21.6. The van der Waals surface area contributed by atoms with Crippen molar-refractivity contribution in [3.8, 4) is 11.5 Å². The molecule has 0 saturated carbocycles. The number of hydrogen-bond acceptors (Lipinski definition) is 24. The lowest BCUT2D eigenvalue weighted by atomic mass is 9.93. The molecule has 2 amide bonds. The van der Waals surface area contributed by atoms with Crippen molar-refractivity contribution in [1.29, 1.82) is 0 Å². The number of imide groups is 1. The zero-order valence-corrected chi connectivity index (χ0v) is 50.9. The first-order chi connectivity index (χ1) is 43.8. The largest absolute Gasteiger partial charge is 0.497 e. The predicted octanol–water partition coefficient (Wildman–Crippen LogP) is 5.92. The van der Waals surface area contributed by atoms with E-state index in [2.05, 4.69) is 0 Å². The highest BCUT2D eigenvalue weighted by molar-refractivity contribution is 6.21. The van der Waals surface area contributed by atoms with E-state index in [0.717, 1.165) is 52.0 Å². The Bertz CT molecular complexity index is 3260. The van der Waals surface area contributed by atoms with Gasteiger partial charge in [-0.1, -0.05) is 103 Å². The third kappa shape index (κ3) is 17.2. The molecule has 0 spiro atoms. The van der Waals surface area contributed by atoms with Crippen molar-refractivity contribution in [3.05, 3.63) is 167 Å². The standard InChI is InChI=1S/C66H71NO24/c1-37(68)78-35-51-54(80-32-44-21-13-9-14-22-44)58(91-66-61(85-42(6)73)59(83-40(4)71)56(82-39(3)70)52(89-66)36-79-38(2)69)60(84-41(5)72)65(88-51)90-55-50(34-77-31-43-19-11-8-12-20-43)87-64(86-47-29-27-46(76-7)28-30-47)53(57(55)81-33-45-23-15-10-16-24-45)67-62(74)48-25-17-18-26-49(48)63(67)75/h8-30,50-61,64-66H,31-36H2,1-7H3. The third-order valence-corrected chi connectivity index (χ3v) is 14.9. The summed E-state index contributed by atoms with van der Waals surface area (Å²) in [5, 5.41) is 0. The number of nitrogens with zero attached hydrogens (tertiary/aromatic N) is 1. The summed E-state index contributed by atoms with van der Waals surface area (Å²) in [5.74, 6) is -6.05. The Balaban J connectivity index is 1.22. The third-order valence-electron chi connectivity index (χ3n) is 14.9. The van der Waals surface area contributed by atoms with Crippen LogP contribution in [-0.4, -0.2) is 172 Å². The van der Waals surface area contributed by atoms with Crippen LogP contribution in [0.5, 0.6) is 11.5 Å². The minimum atomic E-state index is -1.95. The van der Waals surface area contributed by atoms with Crippen LogP contribution in [0.2, 0.25) is 0 Å². The Kier molecular flexibility index (Phi) is 23.0. The zero-order chi connectivity index (χ0) is 64.7. The van der Waals surface area contributed by atoms with Gasteiger partial charge in [0.2, 0.25) is 6.29 Å². The average Bonchev–Trinajstić information content (AvgIpc) is 1.77. The van der Waals surface area contributed by atoms with Gasteiger partial charge in [0.25, 0.3) is 11.8 Å². The van der Waals surface area contributed by atoms with Crippen molar-refractivity contribution in [2.45, 2.75) is 153 Å². The molecule has 0 N–H and O–H groups in total. The quantitative estimate of drug-likeness (QED) is 0.0352. The molecule has 0 aromatic heterocycles. The van der Waals surface area contributed by atoms with Gasteiger partial charge >= 0.3 is 35.8 Å². The van der Waals surface area contributed by atoms with Crippen molar-refractivity contribution in [3.63, 3.8) is 0 Å². The molecule has 4 aliphatic rings. The lowest BCUT2D eigenvalue weighted by Gasteiger charge is -2.51. The fourth-order valence-corrected chi connectivity index (χ4v) is 11.0. The number of methoxy groups -OCH3 is 1. The second kappa shape index (κ2) is 31.4. The first-order valence-corrected chi connectivity index (χ1v) is 29.3. The number of benzene rings is 5. The molecular weight excluding hydrogens is 1190 g/mol. The second-order valence-electron chi connectivity index (χ2n) is 21.6. The Morgan fingerprint density at radius 1 is 0.396 bits per heavy atom. The van der Waals surface area contributed by atoms with Crippen LogP contribution in [-0.2, 0) is 115 Å². The van der Waals surface area contributed by atoms with Crippen LogP contribution in [0.4, 0.5) is 0 Å². The summed E-state index contributed by atoms with van der Waals surface area (Å²) in [7, 11) is 1.50. The van der Waals surface area contributed by atoms with E-state index in [0.29, 0.717) is 16.9 Å². The lowest BCUT2D eigenvalue weighted by molar-refractivity contribution is -0.381. The number of carbonyl (C=O) groups is 8. The minimum absolute atomic E-state index is 0.0294. The Morgan fingerprint density at radius 3 is 1.27 bits per heavy atom. The minimum Gasteiger partial charge on any atom is -0.497 e. The maximum Gasteiger partial charge on any atom is 0.303 e. The van der Waals surface area contributed by atoms with Gasteiger partial charge < -0.3 is 75.8 Å². The predicted molar refractivity (Wildman–Crippen MR) is 312 cm³/mol. The molecule has 91 heavy (non-hydrogen) atoms. The molecule has 15 atom stereocenters. The number of esters is 6. The molecule has 484 valence electrons. The van der Waals surface area contributed by atoms with Crippen LogP contribution in [0.25, 0.3) is 0 Å². The van der Waals surface area contributed by atoms with Crippen molar-refractivity contribution < 1.29 is 114 Å². The SMILES string of the molecule is COc1ccc(OC2OC(COCc3ccccc3)C(OC3OC(COC(C)=O)C(OCc4ccccc4)C(OC4OC(COC(C)=O)C(OC(C)=O)C(OC(C)=O)C4OC(C)=O)C3OC(C)=O)C(OCc3ccccc3)C2N2C(=O)c3ccccc3C2=O)cc1. The number of fused-ring (bicyclic) bond motifs is 1. The van der Waals surface area contributed by atoms with Gasteiger partial charge in [0.15, 0.2) is 37.0 Å². The average molecular weight is 1260 g/mol. The molecule has 25 nitrogen and oxygen atoms in total. The van der Waals surface area contributed by atoms with E-state index in [9.17, 15) is 28.8 Å². The summed E-state index contributed by atoms with van der Waals surface area (Å²) in [6, 6.07) is 38.2. The van der Waals surface area contributed by atoms with Gasteiger partial charge in [0.1, 0.15) is 73.5 Å². The summed E-state index contributed by atoms with van der Waals surface area (Å²) < 4.78 is 101. The maximum absolute atomic E-state index is 15.0. The van der Waals surface area contributed by atoms with Gasteiger partial charge in [-0.25, -0.2) is 0 Å². The maximum atomic E-state index is 15.0. The molecule has 9 rings (SSSR count). The van der Waals surface area contributed by atoms with Gasteiger partial charge in [0, 0.05) is 41.5 Å². The molecule has 3 fully saturated rings. The van der Waals surface area contributed by atoms with Crippen LogP contribution in [0, 0.1) is 0 Å². The molecule has 0 radical (unpaired) electrons. The van der Waals surface area contributed by atoms with Crippen LogP contribution < -0.4 is 9.47 Å². The number of rotatable bonds is 26. The van der Waals surface area contributed by atoms with E-state index in [1.165, 1.54) is 19.2 Å². The summed E-state index contributed by atoms with van der Waals surface area (Å²) in [4.78, 5) is 109. The summed E-state index contributed by atoms with van der Waals surface area (Å²) >= 11 is 0.